The van der Waals surface area contributed by atoms with E-state index in [9.17, 15) is 29.1 Å². The molecular formula is C22H33N5O6. The predicted octanol–water partition coefficient (Wildman–Crippen LogP) is -0.963. The van der Waals surface area contributed by atoms with Gasteiger partial charge in [0.2, 0.25) is 23.6 Å². The SMILES string of the molecule is CCC(C)C(NC(=O)C(CC(N)=O)NC(=O)C(Cc1ccccc1)NC(=O)C(C)N)C(=O)O. The van der Waals surface area contributed by atoms with E-state index >= 15 is 0 Å². The van der Waals surface area contributed by atoms with Crippen molar-refractivity contribution >= 4 is 29.6 Å². The highest BCUT2D eigenvalue weighted by Gasteiger charge is 2.32. The first-order chi connectivity index (χ1) is 15.5. The zero-order valence-corrected chi connectivity index (χ0v) is 19.0. The summed E-state index contributed by atoms with van der Waals surface area (Å²) in [7, 11) is 0. The standard InChI is InChI=1S/C22H33N5O6/c1-4-12(2)18(22(32)33)27-21(31)16(11-17(24)28)26-20(30)15(25-19(29)13(3)23)10-14-8-6-5-7-9-14/h5-9,12-13,15-16,18H,4,10-11,23H2,1-3H3,(H2,24,28)(H,25,29)(H,26,30)(H,27,31)(H,32,33). The third kappa shape index (κ3) is 9.27. The van der Waals surface area contributed by atoms with Crippen LogP contribution in [0.5, 0.6) is 0 Å². The topological polar surface area (TPSA) is 194 Å². The van der Waals surface area contributed by atoms with Gasteiger partial charge >= 0.3 is 5.97 Å². The van der Waals surface area contributed by atoms with Crippen molar-refractivity contribution in [2.75, 3.05) is 0 Å². The molecule has 8 N–H and O–H groups in total. The first-order valence-corrected chi connectivity index (χ1v) is 10.7. The molecule has 1 aromatic carbocycles. The number of amides is 4. The molecule has 0 aliphatic heterocycles. The normalized spacial score (nSPS) is 15.3. The second kappa shape index (κ2) is 13.2. The van der Waals surface area contributed by atoms with E-state index < -0.39 is 66.1 Å². The van der Waals surface area contributed by atoms with Gasteiger partial charge in [0, 0.05) is 6.42 Å². The molecule has 5 atom stereocenters. The zero-order valence-electron chi connectivity index (χ0n) is 19.0. The van der Waals surface area contributed by atoms with Gasteiger partial charge in [-0.25, -0.2) is 4.79 Å². The number of carbonyl (C=O) groups is 5. The van der Waals surface area contributed by atoms with Crippen LogP contribution in [-0.4, -0.2) is 58.9 Å². The molecule has 0 saturated carbocycles. The Hall–Kier alpha value is -3.47. The number of benzene rings is 1. The molecule has 4 amide bonds. The van der Waals surface area contributed by atoms with Gasteiger partial charge in [-0.05, 0) is 18.4 Å². The van der Waals surface area contributed by atoms with Gasteiger partial charge in [0.1, 0.15) is 18.1 Å². The molecule has 11 nitrogen and oxygen atoms in total. The molecule has 0 radical (unpaired) electrons. The second-order valence-corrected chi connectivity index (χ2v) is 7.98. The summed E-state index contributed by atoms with van der Waals surface area (Å²) in [5, 5.41) is 16.7. The number of carboxylic acids is 1. The highest BCUT2D eigenvalue weighted by atomic mass is 16.4. The van der Waals surface area contributed by atoms with Crippen LogP contribution < -0.4 is 27.4 Å². The molecule has 11 heteroatoms. The maximum Gasteiger partial charge on any atom is 0.326 e. The van der Waals surface area contributed by atoms with E-state index in [4.69, 9.17) is 11.5 Å². The van der Waals surface area contributed by atoms with Gasteiger partial charge in [-0.1, -0.05) is 50.6 Å². The Labute approximate surface area is 192 Å². The molecule has 0 heterocycles. The van der Waals surface area contributed by atoms with E-state index in [1.807, 2.05) is 0 Å². The van der Waals surface area contributed by atoms with E-state index in [-0.39, 0.29) is 6.42 Å². The Balaban J connectivity index is 3.09. The molecule has 33 heavy (non-hydrogen) atoms. The molecular weight excluding hydrogens is 430 g/mol. The Bertz CT molecular complexity index is 845. The largest absolute Gasteiger partial charge is 0.480 e. The lowest BCUT2D eigenvalue weighted by molar-refractivity contribution is -0.144. The van der Waals surface area contributed by atoms with Gasteiger partial charge < -0.3 is 32.5 Å². The third-order valence-corrected chi connectivity index (χ3v) is 5.14. The molecule has 0 aliphatic carbocycles. The van der Waals surface area contributed by atoms with E-state index in [1.54, 1.807) is 44.2 Å². The fourth-order valence-electron chi connectivity index (χ4n) is 2.98. The first-order valence-electron chi connectivity index (χ1n) is 10.7. The van der Waals surface area contributed by atoms with E-state index in [1.165, 1.54) is 6.92 Å². The molecule has 1 rings (SSSR count). The van der Waals surface area contributed by atoms with Crippen LogP contribution in [0.1, 0.15) is 39.2 Å². The van der Waals surface area contributed by atoms with Crippen LogP contribution in [0.2, 0.25) is 0 Å². The van der Waals surface area contributed by atoms with Crippen molar-refractivity contribution in [1.82, 2.24) is 16.0 Å². The smallest absolute Gasteiger partial charge is 0.326 e. The summed E-state index contributed by atoms with van der Waals surface area (Å²) in [5.41, 5.74) is 11.6. The van der Waals surface area contributed by atoms with Crippen LogP contribution in [0.3, 0.4) is 0 Å². The van der Waals surface area contributed by atoms with Gasteiger partial charge in [-0.3, -0.25) is 19.2 Å². The molecule has 182 valence electrons. The van der Waals surface area contributed by atoms with Gasteiger partial charge in [-0.15, -0.1) is 0 Å². The fourth-order valence-corrected chi connectivity index (χ4v) is 2.98. The number of hydrogen-bond donors (Lipinski definition) is 6. The minimum Gasteiger partial charge on any atom is -0.480 e. The lowest BCUT2D eigenvalue weighted by atomic mass is 9.98. The van der Waals surface area contributed by atoms with Crippen molar-refractivity contribution in [1.29, 1.82) is 0 Å². The van der Waals surface area contributed by atoms with Gasteiger partial charge in [0.05, 0.1) is 12.5 Å². The molecule has 0 bridgehead atoms. The fraction of sp³-hybridized carbons (Fsp3) is 0.500. The minimum atomic E-state index is -1.42. The number of nitrogens with one attached hydrogen (secondary N) is 3. The predicted molar refractivity (Wildman–Crippen MR) is 120 cm³/mol. The molecule has 0 saturated heterocycles. The summed E-state index contributed by atoms with van der Waals surface area (Å²) in [5.74, 6) is -4.70. The molecule has 0 aliphatic rings. The van der Waals surface area contributed by atoms with Crippen LogP contribution in [0.4, 0.5) is 0 Å². The summed E-state index contributed by atoms with van der Waals surface area (Å²) in [6.07, 6.45) is 0.0247. The van der Waals surface area contributed by atoms with E-state index in [0.717, 1.165) is 5.56 Å². The number of carboxylic acid groups (broad SMARTS) is 1. The average molecular weight is 464 g/mol. The number of rotatable bonds is 13. The molecule has 1 aromatic rings. The highest BCUT2D eigenvalue weighted by Crippen LogP contribution is 2.09. The van der Waals surface area contributed by atoms with E-state index in [2.05, 4.69) is 16.0 Å². The molecule has 5 unspecified atom stereocenters. The number of aliphatic carboxylic acids is 1. The number of carbonyl (C=O) groups excluding carboxylic acids is 4. The second-order valence-electron chi connectivity index (χ2n) is 7.98. The lowest BCUT2D eigenvalue weighted by Gasteiger charge is -2.26. The van der Waals surface area contributed by atoms with Crippen LogP contribution in [0.15, 0.2) is 30.3 Å². The Kier molecular flexibility index (Phi) is 11.0. The monoisotopic (exact) mass is 463 g/mol. The molecule has 0 fully saturated rings. The number of hydrogen-bond acceptors (Lipinski definition) is 6. The number of primary amides is 1. The molecule has 0 spiro atoms. The van der Waals surface area contributed by atoms with Crippen molar-refractivity contribution in [3.8, 4) is 0 Å². The summed E-state index contributed by atoms with van der Waals surface area (Å²) in [4.78, 5) is 61.0. The van der Waals surface area contributed by atoms with Crippen molar-refractivity contribution in [2.45, 2.75) is 64.2 Å². The van der Waals surface area contributed by atoms with Crippen LogP contribution in [0.25, 0.3) is 0 Å². The van der Waals surface area contributed by atoms with Crippen molar-refractivity contribution in [3.63, 3.8) is 0 Å². The third-order valence-electron chi connectivity index (χ3n) is 5.14. The highest BCUT2D eigenvalue weighted by molar-refractivity contribution is 5.96. The van der Waals surface area contributed by atoms with Crippen molar-refractivity contribution in [2.24, 2.45) is 17.4 Å². The van der Waals surface area contributed by atoms with Crippen molar-refractivity contribution in [3.05, 3.63) is 35.9 Å². The average Bonchev–Trinajstić information content (AvgIpc) is 2.75. The summed E-state index contributed by atoms with van der Waals surface area (Å²) < 4.78 is 0. The maximum atomic E-state index is 13.0. The summed E-state index contributed by atoms with van der Waals surface area (Å²) in [6.45, 7) is 4.88. The Morgan fingerprint density at radius 3 is 1.94 bits per heavy atom. The quantitative estimate of drug-likeness (QED) is 0.217. The Morgan fingerprint density at radius 1 is 0.909 bits per heavy atom. The van der Waals surface area contributed by atoms with Crippen LogP contribution in [0, 0.1) is 5.92 Å². The van der Waals surface area contributed by atoms with Gasteiger partial charge in [0.15, 0.2) is 0 Å². The first kappa shape index (κ1) is 27.6. The molecule has 0 aromatic heterocycles. The van der Waals surface area contributed by atoms with Crippen LogP contribution >= 0.6 is 0 Å². The zero-order chi connectivity index (χ0) is 25.1. The minimum absolute atomic E-state index is 0.0979. The van der Waals surface area contributed by atoms with E-state index in [0.29, 0.717) is 6.42 Å². The maximum absolute atomic E-state index is 13.0. The van der Waals surface area contributed by atoms with Crippen LogP contribution in [-0.2, 0) is 30.4 Å². The number of nitrogens with two attached hydrogens (primary N) is 2. The Morgan fingerprint density at radius 2 is 1.45 bits per heavy atom. The lowest BCUT2D eigenvalue weighted by Crippen LogP contribution is -2.58. The van der Waals surface area contributed by atoms with Gasteiger partial charge in [-0.2, -0.15) is 0 Å². The summed E-state index contributed by atoms with van der Waals surface area (Å²) in [6, 6.07) is 4.22. The van der Waals surface area contributed by atoms with Gasteiger partial charge in [0.25, 0.3) is 0 Å². The summed E-state index contributed by atoms with van der Waals surface area (Å²) >= 11 is 0. The van der Waals surface area contributed by atoms with Crippen molar-refractivity contribution < 1.29 is 29.1 Å².